The Kier molecular flexibility index (Phi) is 7.75. The van der Waals surface area contributed by atoms with Gasteiger partial charge in [-0.3, -0.25) is 19.2 Å². The van der Waals surface area contributed by atoms with Crippen molar-refractivity contribution in [1.82, 2.24) is 0 Å². The lowest BCUT2D eigenvalue weighted by Gasteiger charge is -2.15. The second-order valence-corrected chi connectivity index (χ2v) is 13.8. The molecule has 54 heavy (non-hydrogen) atoms. The molecule has 6 nitrogen and oxygen atoms in total. The number of hydrogen-bond donors (Lipinski definition) is 0. The summed E-state index contributed by atoms with van der Waals surface area (Å²) < 4.78 is 0. The Morgan fingerprint density at radius 3 is 0.963 bits per heavy atom. The van der Waals surface area contributed by atoms with Crippen molar-refractivity contribution in [2.24, 2.45) is 0 Å². The number of imide groups is 2. The van der Waals surface area contributed by atoms with E-state index in [1.165, 1.54) is 9.80 Å². The Balaban J connectivity index is 0.923. The van der Waals surface area contributed by atoms with E-state index in [-0.39, 0.29) is 23.6 Å². The van der Waals surface area contributed by atoms with Crippen molar-refractivity contribution in [3.63, 3.8) is 0 Å². The summed E-state index contributed by atoms with van der Waals surface area (Å²) >= 11 is 0. The third-order valence-corrected chi connectivity index (χ3v) is 10.3. The topological polar surface area (TPSA) is 74.8 Å². The Labute approximate surface area is 312 Å². The minimum Gasteiger partial charge on any atom is -0.268 e. The van der Waals surface area contributed by atoms with Crippen LogP contribution in [0.1, 0.15) is 52.6 Å². The summed E-state index contributed by atoms with van der Waals surface area (Å²) in [6.07, 6.45) is 0. The first-order valence-corrected chi connectivity index (χ1v) is 17.7. The molecule has 9 rings (SSSR count). The average Bonchev–Trinajstić information content (AvgIpc) is 3.61. The standard InChI is InChI=1S/C48H32N2O4/c1-29-6-10-31(11-7-29)37-18-24-41-43(27-37)47(53)49(45(41)51)39-20-14-33(15-21-39)35-4-3-5-36(26-35)34-16-22-40(23-17-34)50-46(52)42-25-19-38(28-44(42)48(50)54)32-12-8-30(2)9-13-32/h3-28H,1-2H3. The number of carbonyl (C=O) groups excluding carboxylic acids is 4. The maximum atomic E-state index is 13.5. The van der Waals surface area contributed by atoms with Crippen LogP contribution in [0.5, 0.6) is 0 Å². The maximum Gasteiger partial charge on any atom is 0.266 e. The van der Waals surface area contributed by atoms with Gasteiger partial charge in [0.1, 0.15) is 0 Å². The maximum absolute atomic E-state index is 13.5. The number of hydrogen-bond acceptors (Lipinski definition) is 4. The van der Waals surface area contributed by atoms with Crippen molar-refractivity contribution in [1.29, 1.82) is 0 Å². The fraction of sp³-hybridized carbons (Fsp3) is 0.0417. The van der Waals surface area contributed by atoms with Crippen molar-refractivity contribution in [3.05, 3.63) is 191 Å². The fourth-order valence-electron chi connectivity index (χ4n) is 7.29. The van der Waals surface area contributed by atoms with E-state index >= 15 is 0 Å². The van der Waals surface area contributed by atoms with Gasteiger partial charge in [-0.15, -0.1) is 0 Å². The summed E-state index contributed by atoms with van der Waals surface area (Å²) in [5.41, 5.74) is 12.4. The van der Waals surface area contributed by atoms with Crippen molar-refractivity contribution in [2.75, 3.05) is 9.80 Å². The Morgan fingerprint density at radius 1 is 0.296 bits per heavy atom. The molecule has 0 saturated carbocycles. The van der Waals surface area contributed by atoms with Crippen LogP contribution in [0.2, 0.25) is 0 Å². The van der Waals surface area contributed by atoms with E-state index in [9.17, 15) is 19.2 Å². The molecule has 0 aromatic heterocycles. The van der Waals surface area contributed by atoms with Crippen molar-refractivity contribution >= 4 is 35.0 Å². The summed E-state index contributed by atoms with van der Waals surface area (Å²) in [6.45, 7) is 4.05. The smallest absolute Gasteiger partial charge is 0.266 e. The fourth-order valence-corrected chi connectivity index (χ4v) is 7.29. The van der Waals surface area contributed by atoms with Gasteiger partial charge in [-0.25, -0.2) is 9.80 Å². The second-order valence-electron chi connectivity index (χ2n) is 13.8. The van der Waals surface area contributed by atoms with Crippen LogP contribution < -0.4 is 9.80 Å². The van der Waals surface area contributed by atoms with Crippen molar-refractivity contribution in [3.8, 4) is 44.5 Å². The molecule has 258 valence electrons. The molecule has 0 saturated heterocycles. The van der Waals surface area contributed by atoms with Crippen LogP contribution in [0.4, 0.5) is 11.4 Å². The predicted molar refractivity (Wildman–Crippen MR) is 213 cm³/mol. The third-order valence-electron chi connectivity index (χ3n) is 10.3. The predicted octanol–water partition coefficient (Wildman–Crippen LogP) is 10.6. The third kappa shape index (κ3) is 5.52. The summed E-state index contributed by atoms with van der Waals surface area (Å²) in [7, 11) is 0. The van der Waals surface area contributed by atoms with Gasteiger partial charge < -0.3 is 0 Å². The average molecular weight is 701 g/mol. The molecule has 0 bridgehead atoms. The molecule has 0 unspecified atom stereocenters. The number of aryl methyl sites for hydroxylation is 2. The SMILES string of the molecule is Cc1ccc(-c2ccc3c(c2)C(=O)N(c2ccc(-c4cccc(-c5ccc(N6C(=O)c7ccc(-c8ccc(C)cc8)cc7C6=O)cc5)c4)cc2)C3=O)cc1. The molecular formula is C48H32N2O4. The molecule has 0 aliphatic carbocycles. The lowest BCUT2D eigenvalue weighted by molar-refractivity contribution is 0.0910. The van der Waals surface area contributed by atoms with Crippen molar-refractivity contribution < 1.29 is 19.2 Å². The van der Waals surface area contributed by atoms with Crippen molar-refractivity contribution in [2.45, 2.75) is 13.8 Å². The van der Waals surface area contributed by atoms with Gasteiger partial charge in [0.05, 0.1) is 33.6 Å². The monoisotopic (exact) mass is 700 g/mol. The van der Waals surface area contributed by atoms with Gasteiger partial charge in [0.25, 0.3) is 23.6 Å². The van der Waals surface area contributed by atoms with Gasteiger partial charge in [-0.2, -0.15) is 0 Å². The highest BCUT2D eigenvalue weighted by Crippen LogP contribution is 2.36. The quantitative estimate of drug-likeness (QED) is 0.162. The minimum atomic E-state index is -0.338. The molecule has 7 aromatic carbocycles. The van der Waals surface area contributed by atoms with Crippen LogP contribution in [-0.2, 0) is 0 Å². The van der Waals surface area contributed by atoms with Gasteiger partial charge in [0, 0.05) is 0 Å². The molecule has 0 radical (unpaired) electrons. The van der Waals surface area contributed by atoms with Gasteiger partial charge in [-0.1, -0.05) is 114 Å². The van der Waals surface area contributed by atoms with E-state index in [0.717, 1.165) is 55.6 Å². The first-order chi connectivity index (χ1) is 26.2. The molecule has 2 aliphatic rings. The lowest BCUT2D eigenvalue weighted by Crippen LogP contribution is -2.29. The highest BCUT2D eigenvalue weighted by molar-refractivity contribution is 6.35. The second kappa shape index (κ2) is 12.8. The van der Waals surface area contributed by atoms with E-state index < -0.39 is 0 Å². The molecule has 0 atom stereocenters. The van der Waals surface area contributed by atoms with Gasteiger partial charge in [0.2, 0.25) is 0 Å². The molecular weight excluding hydrogens is 669 g/mol. The Hall–Kier alpha value is -7.18. The molecule has 0 N–H and O–H groups in total. The zero-order valence-electron chi connectivity index (χ0n) is 29.5. The molecule has 0 spiro atoms. The zero-order chi connectivity index (χ0) is 37.1. The first kappa shape index (κ1) is 32.7. The molecule has 0 fully saturated rings. The van der Waals surface area contributed by atoms with Crippen LogP contribution >= 0.6 is 0 Å². The van der Waals surface area contributed by atoms with Gasteiger partial charge in [0.15, 0.2) is 0 Å². The minimum absolute atomic E-state index is 0.336. The molecule has 4 amide bonds. The van der Waals surface area contributed by atoms with Gasteiger partial charge in [-0.05, 0) is 113 Å². The molecule has 2 heterocycles. The first-order valence-electron chi connectivity index (χ1n) is 17.7. The molecule has 7 aromatic rings. The number of rotatable bonds is 6. The van der Waals surface area contributed by atoms with Crippen LogP contribution in [0.25, 0.3) is 44.5 Å². The van der Waals surface area contributed by atoms with E-state index in [1.54, 1.807) is 48.5 Å². The van der Waals surface area contributed by atoms with Crippen LogP contribution in [-0.4, -0.2) is 23.6 Å². The van der Waals surface area contributed by atoms with Crippen LogP contribution in [0, 0.1) is 13.8 Å². The highest BCUT2D eigenvalue weighted by Gasteiger charge is 2.38. The number of carbonyl (C=O) groups is 4. The number of nitrogens with zero attached hydrogens (tertiary/aromatic N) is 2. The largest absolute Gasteiger partial charge is 0.268 e. The normalized spacial score (nSPS) is 13.4. The highest BCUT2D eigenvalue weighted by atomic mass is 16.2. The van der Waals surface area contributed by atoms with Crippen LogP contribution in [0.15, 0.2) is 158 Å². The Bertz CT molecular complexity index is 2490. The Morgan fingerprint density at radius 2 is 0.593 bits per heavy atom. The zero-order valence-corrected chi connectivity index (χ0v) is 29.5. The number of benzene rings is 7. The van der Waals surface area contributed by atoms with E-state index in [0.29, 0.717) is 33.6 Å². The van der Waals surface area contributed by atoms with Crippen LogP contribution in [0.3, 0.4) is 0 Å². The summed E-state index contributed by atoms with van der Waals surface area (Å²) in [5.74, 6) is -1.35. The van der Waals surface area contributed by atoms with Gasteiger partial charge >= 0.3 is 0 Å². The molecule has 2 aliphatic heterocycles. The van der Waals surface area contributed by atoms with E-state index in [1.807, 2.05) is 117 Å². The number of amides is 4. The summed E-state index contributed by atoms with van der Waals surface area (Å²) in [6, 6.07) is 49.9. The van der Waals surface area contributed by atoms with E-state index in [4.69, 9.17) is 0 Å². The summed E-state index contributed by atoms with van der Waals surface area (Å²) in [4.78, 5) is 56.4. The number of anilines is 2. The summed E-state index contributed by atoms with van der Waals surface area (Å²) in [5, 5.41) is 0. The number of fused-ring (bicyclic) bond motifs is 2. The lowest BCUT2D eigenvalue weighted by atomic mass is 9.98. The van der Waals surface area contributed by atoms with E-state index in [2.05, 4.69) is 6.07 Å². The molecule has 6 heteroatoms.